The van der Waals surface area contributed by atoms with Crippen molar-refractivity contribution >= 4 is 21.9 Å². The Bertz CT molecular complexity index is 1200. The van der Waals surface area contributed by atoms with Crippen molar-refractivity contribution in [3.8, 4) is 6.07 Å². The standard InChI is InChI=1S/C24H24F3N3O5S/c25-24(26,27)22(21(31)8-4-7-18-5-2-1-3-6-18)35-23(32)29-13-15-30(16-14-29)36(33,34)20-11-9-19(17-28)10-12-20/h1-3,5-6,9-12,22H,4,7-8,13-16H2. The number of hydrogen-bond acceptors (Lipinski definition) is 6. The molecule has 0 aromatic heterocycles. The molecule has 2 aromatic carbocycles. The maximum absolute atomic E-state index is 13.5. The van der Waals surface area contributed by atoms with Crippen LogP contribution in [-0.4, -0.2) is 68.0 Å². The second-order valence-corrected chi connectivity index (χ2v) is 10.1. The van der Waals surface area contributed by atoms with Gasteiger partial charge in [0.2, 0.25) is 10.0 Å². The quantitative estimate of drug-likeness (QED) is 0.524. The van der Waals surface area contributed by atoms with E-state index in [1.165, 1.54) is 24.3 Å². The van der Waals surface area contributed by atoms with E-state index >= 15 is 0 Å². The van der Waals surface area contributed by atoms with Gasteiger partial charge in [-0.15, -0.1) is 0 Å². The fourth-order valence-corrected chi connectivity index (χ4v) is 5.12. The number of nitrogens with zero attached hydrogens (tertiary/aromatic N) is 3. The number of rotatable bonds is 8. The number of ketones is 1. The van der Waals surface area contributed by atoms with Gasteiger partial charge in [-0.25, -0.2) is 13.2 Å². The average Bonchev–Trinajstić information content (AvgIpc) is 2.87. The zero-order chi connectivity index (χ0) is 26.3. The highest BCUT2D eigenvalue weighted by Crippen LogP contribution is 2.26. The maximum Gasteiger partial charge on any atom is 0.432 e. The lowest BCUT2D eigenvalue weighted by Gasteiger charge is -2.34. The third-order valence-corrected chi connectivity index (χ3v) is 7.57. The molecule has 36 heavy (non-hydrogen) atoms. The molecule has 1 unspecified atom stereocenters. The van der Waals surface area contributed by atoms with Crippen LogP contribution in [0.25, 0.3) is 0 Å². The second-order valence-electron chi connectivity index (χ2n) is 8.14. The van der Waals surface area contributed by atoms with Crippen molar-refractivity contribution in [2.24, 2.45) is 0 Å². The van der Waals surface area contributed by atoms with Crippen LogP contribution >= 0.6 is 0 Å². The maximum atomic E-state index is 13.5. The molecule has 0 spiro atoms. The number of ether oxygens (including phenoxy) is 1. The third kappa shape index (κ3) is 6.83. The summed E-state index contributed by atoms with van der Waals surface area (Å²) in [7, 11) is -3.92. The SMILES string of the molecule is N#Cc1ccc(S(=O)(=O)N2CCN(C(=O)OC(C(=O)CCCc3ccccc3)C(F)(F)F)CC2)cc1. The molecule has 2 aromatic rings. The van der Waals surface area contributed by atoms with Crippen molar-refractivity contribution in [2.75, 3.05) is 26.2 Å². The van der Waals surface area contributed by atoms with Crippen molar-refractivity contribution in [1.82, 2.24) is 9.21 Å². The van der Waals surface area contributed by atoms with Crippen molar-refractivity contribution in [3.05, 3.63) is 65.7 Å². The van der Waals surface area contributed by atoms with E-state index in [4.69, 9.17) is 5.26 Å². The molecule has 192 valence electrons. The van der Waals surface area contributed by atoms with Crippen LogP contribution < -0.4 is 0 Å². The van der Waals surface area contributed by atoms with Crippen LogP contribution in [0.3, 0.4) is 0 Å². The largest absolute Gasteiger partial charge is 0.432 e. The first kappa shape index (κ1) is 27.2. The molecule has 0 saturated carbocycles. The highest BCUT2D eigenvalue weighted by Gasteiger charge is 2.48. The fraction of sp³-hybridized carbons (Fsp3) is 0.375. The van der Waals surface area contributed by atoms with E-state index in [2.05, 4.69) is 4.74 Å². The van der Waals surface area contributed by atoms with Crippen molar-refractivity contribution in [3.63, 3.8) is 0 Å². The van der Waals surface area contributed by atoms with E-state index in [0.29, 0.717) is 6.42 Å². The van der Waals surface area contributed by atoms with E-state index in [-0.39, 0.29) is 43.1 Å². The lowest BCUT2D eigenvalue weighted by molar-refractivity contribution is -0.205. The molecule has 8 nitrogen and oxygen atoms in total. The summed E-state index contributed by atoms with van der Waals surface area (Å²) in [6.07, 6.45) is -9.13. The number of nitriles is 1. The minimum Gasteiger partial charge on any atom is -0.428 e. The zero-order valence-corrected chi connectivity index (χ0v) is 20.0. The van der Waals surface area contributed by atoms with E-state index < -0.39 is 40.6 Å². The van der Waals surface area contributed by atoms with Crippen molar-refractivity contribution in [2.45, 2.75) is 36.4 Å². The number of amides is 1. The van der Waals surface area contributed by atoms with Crippen molar-refractivity contribution < 1.29 is 35.9 Å². The van der Waals surface area contributed by atoms with Gasteiger partial charge in [-0.3, -0.25) is 4.79 Å². The smallest absolute Gasteiger partial charge is 0.428 e. The van der Waals surface area contributed by atoms with Gasteiger partial charge in [0.25, 0.3) is 6.10 Å². The summed E-state index contributed by atoms with van der Waals surface area (Å²) < 4.78 is 71.7. The number of sulfonamides is 1. The summed E-state index contributed by atoms with van der Waals surface area (Å²) in [6.45, 7) is -0.749. The first-order valence-corrected chi connectivity index (χ1v) is 12.6. The van der Waals surface area contributed by atoms with Gasteiger partial charge >= 0.3 is 12.3 Å². The molecular weight excluding hydrogens is 499 g/mol. The first-order valence-electron chi connectivity index (χ1n) is 11.1. The Labute approximate surface area is 206 Å². The van der Waals surface area contributed by atoms with E-state index in [0.717, 1.165) is 14.8 Å². The lowest BCUT2D eigenvalue weighted by atomic mass is 10.0. The van der Waals surface area contributed by atoms with Crippen LogP contribution in [-0.2, 0) is 26.0 Å². The molecule has 1 fully saturated rings. The van der Waals surface area contributed by atoms with Crippen LogP contribution in [0, 0.1) is 11.3 Å². The van der Waals surface area contributed by atoms with Gasteiger partial charge < -0.3 is 9.64 Å². The first-order chi connectivity index (χ1) is 17.0. The lowest BCUT2D eigenvalue weighted by Crippen LogP contribution is -2.52. The van der Waals surface area contributed by atoms with E-state index in [1.54, 1.807) is 30.3 Å². The third-order valence-electron chi connectivity index (χ3n) is 5.66. The van der Waals surface area contributed by atoms with Gasteiger partial charge in [0.15, 0.2) is 5.78 Å². The Morgan fingerprint density at radius 2 is 1.61 bits per heavy atom. The van der Waals surface area contributed by atoms with E-state index in [9.17, 15) is 31.2 Å². The van der Waals surface area contributed by atoms with Gasteiger partial charge in [0.1, 0.15) is 0 Å². The molecule has 12 heteroatoms. The van der Waals surface area contributed by atoms with Crippen LogP contribution in [0.15, 0.2) is 59.5 Å². The van der Waals surface area contributed by atoms with E-state index in [1.807, 2.05) is 6.07 Å². The topological polar surface area (TPSA) is 108 Å². The molecule has 0 N–H and O–H groups in total. The molecule has 1 atom stereocenters. The Morgan fingerprint density at radius 3 is 2.17 bits per heavy atom. The number of halogens is 3. The van der Waals surface area contributed by atoms with Crippen LogP contribution in [0.4, 0.5) is 18.0 Å². The Hall–Kier alpha value is -3.43. The number of alkyl halides is 3. The van der Waals surface area contributed by atoms with Crippen LogP contribution in [0.2, 0.25) is 0 Å². The normalized spacial score (nSPS) is 15.7. The number of Topliss-reactive ketones (excluding diaryl/α,β-unsaturated/α-hetero) is 1. The number of carbonyl (C=O) groups excluding carboxylic acids is 2. The van der Waals surface area contributed by atoms with Gasteiger partial charge in [-0.05, 0) is 42.7 Å². The Balaban J connectivity index is 1.56. The molecule has 1 aliphatic heterocycles. The molecule has 1 amide bonds. The Morgan fingerprint density at radius 1 is 1.00 bits per heavy atom. The highest BCUT2D eigenvalue weighted by atomic mass is 32.2. The van der Waals surface area contributed by atoms with Gasteiger partial charge in [-0.1, -0.05) is 30.3 Å². The van der Waals surface area contributed by atoms with Crippen LogP contribution in [0.5, 0.6) is 0 Å². The number of aryl methyl sites for hydroxylation is 1. The summed E-state index contributed by atoms with van der Waals surface area (Å²) in [5.41, 5.74) is 1.16. The summed E-state index contributed by atoms with van der Waals surface area (Å²) in [5.74, 6) is -1.24. The molecule has 0 radical (unpaired) electrons. The van der Waals surface area contributed by atoms with Gasteiger partial charge in [0, 0.05) is 32.6 Å². The summed E-state index contributed by atoms with van der Waals surface area (Å²) in [4.78, 5) is 25.6. The fourth-order valence-electron chi connectivity index (χ4n) is 3.69. The minimum atomic E-state index is -5.07. The van der Waals surface area contributed by atoms with Gasteiger partial charge in [-0.2, -0.15) is 22.7 Å². The number of carbonyl (C=O) groups is 2. The van der Waals surface area contributed by atoms with Crippen LogP contribution in [0.1, 0.15) is 24.0 Å². The monoisotopic (exact) mass is 523 g/mol. The molecule has 3 rings (SSSR count). The van der Waals surface area contributed by atoms with Gasteiger partial charge in [0.05, 0.1) is 16.5 Å². The molecule has 1 aliphatic rings. The molecule has 0 aliphatic carbocycles. The number of benzene rings is 2. The summed E-state index contributed by atoms with van der Waals surface area (Å²) in [5, 5.41) is 8.85. The molecule has 1 saturated heterocycles. The predicted molar refractivity (Wildman–Crippen MR) is 122 cm³/mol. The van der Waals surface area contributed by atoms with Crippen molar-refractivity contribution in [1.29, 1.82) is 5.26 Å². The minimum absolute atomic E-state index is 0.0456. The zero-order valence-electron chi connectivity index (χ0n) is 19.1. The molecular formula is C24H24F3N3O5S. The highest BCUT2D eigenvalue weighted by molar-refractivity contribution is 7.89. The Kier molecular flexibility index (Phi) is 8.70. The number of hydrogen-bond donors (Lipinski definition) is 0. The molecule has 1 heterocycles. The number of piperazine rings is 1. The predicted octanol–water partition coefficient (Wildman–Crippen LogP) is 3.52. The average molecular weight is 524 g/mol. The second kappa shape index (κ2) is 11.5. The summed E-state index contributed by atoms with van der Waals surface area (Å²) >= 11 is 0. The summed E-state index contributed by atoms with van der Waals surface area (Å²) in [6, 6.07) is 16.1. The molecule has 0 bridgehead atoms.